The molecule has 1 aromatic carbocycles. The fraction of sp³-hybridized carbons (Fsp3) is 0.625. The molecule has 0 amide bonds. The molecule has 0 fully saturated rings. The molecule has 0 aromatic heterocycles. The van der Waals surface area contributed by atoms with Crippen molar-refractivity contribution in [3.05, 3.63) is 29.8 Å². The largest absolute Gasteiger partial charge is 0.496 e. The van der Waals surface area contributed by atoms with E-state index in [1.807, 2.05) is 31.2 Å². The maximum atomic E-state index is 10.3. The number of aliphatic hydroxyl groups is 1. The van der Waals surface area contributed by atoms with Crippen molar-refractivity contribution in [1.82, 2.24) is 5.32 Å². The first-order chi connectivity index (χ1) is 8.85. The van der Waals surface area contributed by atoms with Gasteiger partial charge < -0.3 is 15.2 Å². The molecule has 0 aliphatic carbocycles. The lowest BCUT2D eigenvalue weighted by Crippen LogP contribution is -2.39. The van der Waals surface area contributed by atoms with E-state index in [1.165, 1.54) is 0 Å². The summed E-state index contributed by atoms with van der Waals surface area (Å²) in [5, 5.41) is 13.7. The van der Waals surface area contributed by atoms with E-state index in [0.29, 0.717) is 12.5 Å². The standard InChI is InChI=1S/C16H27NO2/c1-12(2)10-16(4,18)11-17-13(3)14-8-6-7-9-15(14)19-5/h6-9,12-13,17-18H,10-11H2,1-5H3. The van der Waals surface area contributed by atoms with Crippen LogP contribution in [0.4, 0.5) is 0 Å². The molecule has 108 valence electrons. The number of hydrogen-bond acceptors (Lipinski definition) is 3. The second kappa shape index (κ2) is 6.92. The summed E-state index contributed by atoms with van der Waals surface area (Å²) in [5.74, 6) is 1.37. The topological polar surface area (TPSA) is 41.5 Å². The first-order valence-electron chi connectivity index (χ1n) is 6.94. The highest BCUT2D eigenvalue weighted by atomic mass is 16.5. The third kappa shape index (κ3) is 5.21. The fourth-order valence-electron chi connectivity index (χ4n) is 2.46. The van der Waals surface area contributed by atoms with Gasteiger partial charge in [0.25, 0.3) is 0 Å². The summed E-state index contributed by atoms with van der Waals surface area (Å²) in [6.07, 6.45) is 0.790. The van der Waals surface area contributed by atoms with E-state index in [0.717, 1.165) is 17.7 Å². The van der Waals surface area contributed by atoms with Crippen molar-refractivity contribution in [1.29, 1.82) is 0 Å². The highest BCUT2D eigenvalue weighted by molar-refractivity contribution is 5.35. The lowest BCUT2D eigenvalue weighted by Gasteiger charge is -2.28. The minimum absolute atomic E-state index is 0.148. The predicted molar refractivity (Wildman–Crippen MR) is 79.5 cm³/mol. The molecule has 19 heavy (non-hydrogen) atoms. The van der Waals surface area contributed by atoms with Gasteiger partial charge in [0.15, 0.2) is 0 Å². The number of hydrogen-bond donors (Lipinski definition) is 2. The highest BCUT2D eigenvalue weighted by Gasteiger charge is 2.23. The molecule has 2 N–H and O–H groups in total. The molecule has 0 aliphatic rings. The van der Waals surface area contributed by atoms with E-state index in [1.54, 1.807) is 7.11 Å². The Morgan fingerprint density at radius 2 is 1.89 bits per heavy atom. The third-order valence-corrected chi connectivity index (χ3v) is 3.24. The van der Waals surface area contributed by atoms with Crippen LogP contribution >= 0.6 is 0 Å². The van der Waals surface area contributed by atoms with Crippen LogP contribution in [-0.2, 0) is 0 Å². The summed E-state index contributed by atoms with van der Waals surface area (Å²) in [4.78, 5) is 0. The number of para-hydroxylation sites is 1. The molecule has 3 heteroatoms. The minimum Gasteiger partial charge on any atom is -0.496 e. The van der Waals surface area contributed by atoms with E-state index in [9.17, 15) is 5.11 Å². The van der Waals surface area contributed by atoms with Crippen molar-refractivity contribution in [2.75, 3.05) is 13.7 Å². The van der Waals surface area contributed by atoms with Gasteiger partial charge >= 0.3 is 0 Å². The van der Waals surface area contributed by atoms with Gasteiger partial charge in [-0.1, -0.05) is 32.0 Å². The lowest BCUT2D eigenvalue weighted by molar-refractivity contribution is 0.0363. The van der Waals surface area contributed by atoms with Crippen LogP contribution in [0.25, 0.3) is 0 Å². The zero-order valence-electron chi connectivity index (χ0n) is 12.7. The zero-order valence-corrected chi connectivity index (χ0v) is 12.7. The van der Waals surface area contributed by atoms with Crippen LogP contribution in [-0.4, -0.2) is 24.4 Å². The Balaban J connectivity index is 2.62. The van der Waals surface area contributed by atoms with Gasteiger partial charge in [-0.05, 0) is 32.3 Å². The first-order valence-corrected chi connectivity index (χ1v) is 6.94. The summed E-state index contributed by atoms with van der Waals surface area (Å²) >= 11 is 0. The molecule has 3 nitrogen and oxygen atoms in total. The van der Waals surface area contributed by atoms with Gasteiger partial charge in [-0.15, -0.1) is 0 Å². The number of rotatable bonds is 7. The van der Waals surface area contributed by atoms with E-state index in [-0.39, 0.29) is 6.04 Å². The molecule has 0 saturated carbocycles. The quantitative estimate of drug-likeness (QED) is 0.796. The Hall–Kier alpha value is -1.06. The van der Waals surface area contributed by atoms with Crippen molar-refractivity contribution >= 4 is 0 Å². The number of methoxy groups -OCH3 is 1. The van der Waals surface area contributed by atoms with Crippen molar-refractivity contribution in [3.8, 4) is 5.75 Å². The van der Waals surface area contributed by atoms with Gasteiger partial charge in [0, 0.05) is 18.2 Å². The molecule has 2 atom stereocenters. The molecule has 0 saturated heterocycles. The molecule has 1 rings (SSSR count). The molecule has 2 unspecified atom stereocenters. The molecule has 0 heterocycles. The van der Waals surface area contributed by atoms with Gasteiger partial charge in [-0.25, -0.2) is 0 Å². The monoisotopic (exact) mass is 265 g/mol. The normalized spacial score (nSPS) is 16.2. The smallest absolute Gasteiger partial charge is 0.123 e. The SMILES string of the molecule is COc1ccccc1C(C)NCC(C)(O)CC(C)C. The first kappa shape index (κ1) is 16.0. The van der Waals surface area contributed by atoms with Crippen LogP contribution in [0, 0.1) is 5.92 Å². The fourth-order valence-corrected chi connectivity index (χ4v) is 2.46. The minimum atomic E-state index is -0.676. The summed E-state index contributed by atoms with van der Waals surface area (Å²) in [6, 6.07) is 8.12. The molecule has 0 spiro atoms. The molecule has 0 aliphatic heterocycles. The summed E-state index contributed by atoms with van der Waals surface area (Å²) < 4.78 is 5.36. The van der Waals surface area contributed by atoms with Crippen molar-refractivity contribution in [3.63, 3.8) is 0 Å². The molecule has 0 bridgehead atoms. The Morgan fingerprint density at radius 3 is 2.47 bits per heavy atom. The summed E-state index contributed by atoms with van der Waals surface area (Å²) in [7, 11) is 1.68. The Bertz CT molecular complexity index is 388. The third-order valence-electron chi connectivity index (χ3n) is 3.24. The van der Waals surface area contributed by atoms with E-state index in [2.05, 4.69) is 26.1 Å². The van der Waals surface area contributed by atoms with Crippen molar-refractivity contribution < 1.29 is 9.84 Å². The molecule has 0 radical (unpaired) electrons. The molecular weight excluding hydrogens is 238 g/mol. The summed E-state index contributed by atoms with van der Waals surface area (Å²) in [5.41, 5.74) is 0.440. The van der Waals surface area contributed by atoms with Crippen LogP contribution in [0.5, 0.6) is 5.75 Å². The van der Waals surface area contributed by atoms with Crippen molar-refractivity contribution in [2.45, 2.75) is 45.8 Å². The lowest BCUT2D eigenvalue weighted by atomic mass is 9.94. The second-order valence-corrected chi connectivity index (χ2v) is 5.94. The number of ether oxygens (including phenoxy) is 1. The van der Waals surface area contributed by atoms with Crippen LogP contribution in [0.2, 0.25) is 0 Å². The maximum Gasteiger partial charge on any atom is 0.123 e. The van der Waals surface area contributed by atoms with Crippen LogP contribution in [0.1, 0.15) is 45.7 Å². The Labute approximate surface area is 117 Å². The average Bonchev–Trinajstić information content (AvgIpc) is 2.34. The second-order valence-electron chi connectivity index (χ2n) is 5.94. The van der Waals surface area contributed by atoms with Gasteiger partial charge in [0.2, 0.25) is 0 Å². The van der Waals surface area contributed by atoms with Gasteiger partial charge in [0.1, 0.15) is 5.75 Å². The number of nitrogens with one attached hydrogen (secondary N) is 1. The van der Waals surface area contributed by atoms with E-state index >= 15 is 0 Å². The van der Waals surface area contributed by atoms with E-state index < -0.39 is 5.60 Å². The van der Waals surface area contributed by atoms with E-state index in [4.69, 9.17) is 4.74 Å². The Kier molecular flexibility index (Phi) is 5.83. The van der Waals surface area contributed by atoms with Gasteiger partial charge in [-0.2, -0.15) is 0 Å². The molecule has 1 aromatic rings. The van der Waals surface area contributed by atoms with Crippen LogP contribution < -0.4 is 10.1 Å². The van der Waals surface area contributed by atoms with Crippen LogP contribution in [0.3, 0.4) is 0 Å². The zero-order chi connectivity index (χ0) is 14.5. The predicted octanol–water partition coefficient (Wildman–Crippen LogP) is 3.14. The summed E-state index contributed by atoms with van der Waals surface area (Å²) in [6.45, 7) is 8.79. The van der Waals surface area contributed by atoms with Gasteiger partial charge in [-0.3, -0.25) is 0 Å². The number of benzene rings is 1. The average molecular weight is 265 g/mol. The van der Waals surface area contributed by atoms with Crippen molar-refractivity contribution in [2.24, 2.45) is 5.92 Å². The van der Waals surface area contributed by atoms with Crippen LogP contribution in [0.15, 0.2) is 24.3 Å². The maximum absolute atomic E-state index is 10.3. The highest BCUT2D eigenvalue weighted by Crippen LogP contribution is 2.25. The van der Waals surface area contributed by atoms with Gasteiger partial charge in [0.05, 0.1) is 12.7 Å². The molecular formula is C16H27NO2. The Morgan fingerprint density at radius 1 is 1.26 bits per heavy atom.